The number of rotatable bonds is 26. The normalized spacial score (nSPS) is 13.4. The number of carbonyl (C=O) groups is 5. The number of urea groups is 1. The second kappa shape index (κ2) is 28.1. The maximum absolute atomic E-state index is 14.4. The fraction of sp³-hybridized carbons (Fsp3) is 0.404. The monoisotopic (exact) mass is 1030 g/mol. The van der Waals surface area contributed by atoms with Crippen LogP contribution in [0, 0.1) is 10.8 Å². The number of ether oxygens (including phenoxy) is 5. The quantitative estimate of drug-likeness (QED) is 0.0185. The van der Waals surface area contributed by atoms with Crippen molar-refractivity contribution in [3.63, 3.8) is 0 Å². The van der Waals surface area contributed by atoms with Gasteiger partial charge in [0.1, 0.15) is 30.5 Å². The molecule has 6 N–H and O–H groups in total. The second-order valence-corrected chi connectivity index (χ2v) is 20.1. The van der Waals surface area contributed by atoms with Gasteiger partial charge in [0.15, 0.2) is 11.5 Å². The zero-order chi connectivity index (χ0) is 54.5. The number of carbonyl (C=O) groups excluding carboxylic acids is 5. The zero-order valence-corrected chi connectivity index (χ0v) is 44.4. The molecule has 0 radical (unpaired) electrons. The summed E-state index contributed by atoms with van der Waals surface area (Å²) in [4.78, 5) is 70.3. The topological polar surface area (TPSA) is 228 Å². The number of benzene rings is 4. The summed E-state index contributed by atoms with van der Waals surface area (Å²) in [6, 6.07) is 31.8. The average Bonchev–Trinajstić information content (AvgIpc) is 3.39. The molecule has 0 aliphatic carbocycles. The van der Waals surface area contributed by atoms with Gasteiger partial charge in [0, 0.05) is 24.8 Å². The van der Waals surface area contributed by atoms with Crippen molar-refractivity contribution in [3.8, 4) is 28.5 Å². The third-order valence-electron chi connectivity index (χ3n) is 12.3. The van der Waals surface area contributed by atoms with E-state index in [2.05, 4.69) is 31.7 Å². The first kappa shape index (κ1) is 58.2. The number of nitrogens with one attached hydrogen (secondary N) is 5. The number of hydrazine groups is 1. The molecule has 0 spiro atoms. The molecule has 0 aliphatic heterocycles. The number of aryl methyl sites for hydroxylation is 1. The molecule has 1 heterocycles. The number of hydrogen-bond acceptors (Lipinski definition) is 13. The summed E-state index contributed by atoms with van der Waals surface area (Å²) in [5, 5.41) is 25.0. The van der Waals surface area contributed by atoms with Gasteiger partial charge in [-0.15, -0.1) is 0 Å². The summed E-state index contributed by atoms with van der Waals surface area (Å²) in [6.07, 6.45) is 0.367. The highest BCUT2D eigenvalue weighted by Gasteiger charge is 2.37. The molecule has 4 aromatic carbocycles. The van der Waals surface area contributed by atoms with Crippen molar-refractivity contribution in [2.75, 3.05) is 41.0 Å². The lowest BCUT2D eigenvalue weighted by Crippen LogP contribution is -2.61. The fourth-order valence-corrected chi connectivity index (χ4v) is 8.24. The van der Waals surface area contributed by atoms with Crippen LogP contribution in [0.3, 0.4) is 0 Å². The van der Waals surface area contributed by atoms with Gasteiger partial charge >= 0.3 is 12.1 Å². The maximum atomic E-state index is 14.4. The number of amides is 5. The number of alkyl carbamates (subject to hydrolysis) is 1. The highest BCUT2D eigenvalue weighted by atomic mass is 16.5. The predicted octanol–water partition coefficient (Wildman–Crippen LogP) is 7.10. The van der Waals surface area contributed by atoms with Gasteiger partial charge in [0.05, 0.1) is 45.7 Å². The van der Waals surface area contributed by atoms with Gasteiger partial charge in [-0.05, 0) is 88.7 Å². The highest BCUT2D eigenvalue weighted by molar-refractivity contribution is 5.88. The molecule has 18 heteroatoms. The van der Waals surface area contributed by atoms with Crippen LogP contribution in [0.25, 0.3) is 11.3 Å². The van der Waals surface area contributed by atoms with Crippen LogP contribution in [0.5, 0.6) is 17.2 Å². The van der Waals surface area contributed by atoms with Gasteiger partial charge in [-0.1, -0.05) is 120 Å². The second-order valence-electron chi connectivity index (χ2n) is 20.1. The van der Waals surface area contributed by atoms with E-state index in [1.807, 2.05) is 118 Å². The van der Waals surface area contributed by atoms with Crippen molar-refractivity contribution >= 4 is 30.4 Å². The first-order valence-electron chi connectivity index (χ1n) is 24.8. The molecule has 1 aromatic heterocycles. The Morgan fingerprint density at radius 3 is 2.04 bits per heavy atom. The molecule has 0 bridgehead atoms. The Balaban J connectivity index is 1.27. The Morgan fingerprint density at radius 1 is 0.720 bits per heavy atom. The van der Waals surface area contributed by atoms with Gasteiger partial charge in [0.25, 0.3) is 12.4 Å². The summed E-state index contributed by atoms with van der Waals surface area (Å²) < 4.78 is 27.1. The summed E-state index contributed by atoms with van der Waals surface area (Å²) in [5.41, 5.74) is 6.38. The van der Waals surface area contributed by atoms with E-state index in [4.69, 9.17) is 23.7 Å². The van der Waals surface area contributed by atoms with E-state index in [1.165, 1.54) is 7.11 Å². The molecule has 0 fully saturated rings. The number of pyridine rings is 1. The largest absolute Gasteiger partial charge is 0.493 e. The first-order valence-corrected chi connectivity index (χ1v) is 24.8. The van der Waals surface area contributed by atoms with Crippen molar-refractivity contribution in [1.82, 2.24) is 36.7 Å². The molecular weight excluding hydrogens is 959 g/mol. The van der Waals surface area contributed by atoms with E-state index in [1.54, 1.807) is 64.4 Å². The Hall–Kier alpha value is -7.70. The van der Waals surface area contributed by atoms with Crippen LogP contribution in [0.2, 0.25) is 0 Å². The summed E-state index contributed by atoms with van der Waals surface area (Å²) in [5.74, 6) is 0.623. The average molecular weight is 1030 g/mol. The van der Waals surface area contributed by atoms with Crippen LogP contribution in [-0.4, -0.2) is 111 Å². The summed E-state index contributed by atoms with van der Waals surface area (Å²) in [6.45, 7) is 11.4. The molecule has 5 amide bonds. The van der Waals surface area contributed by atoms with Gasteiger partial charge in [-0.25, -0.2) is 14.6 Å². The maximum Gasteiger partial charge on any atom is 0.407 e. The molecular formula is C57H73N7O11. The van der Waals surface area contributed by atoms with Crippen molar-refractivity contribution < 1.29 is 52.8 Å². The highest BCUT2D eigenvalue weighted by Crippen LogP contribution is 2.31. The number of hydrogen-bond donors (Lipinski definition) is 6. The molecule has 0 saturated carbocycles. The minimum absolute atomic E-state index is 0.0795. The van der Waals surface area contributed by atoms with E-state index in [-0.39, 0.29) is 32.7 Å². The van der Waals surface area contributed by atoms with Gasteiger partial charge in [-0.2, -0.15) is 0 Å². The third kappa shape index (κ3) is 18.3. The van der Waals surface area contributed by atoms with Crippen LogP contribution in [-0.2, 0) is 43.2 Å². The van der Waals surface area contributed by atoms with Gasteiger partial charge in [0.2, 0.25) is 5.91 Å². The lowest BCUT2D eigenvalue weighted by Gasteiger charge is -2.36. The van der Waals surface area contributed by atoms with E-state index in [0.717, 1.165) is 33.5 Å². The number of nitrogens with zero attached hydrogens (tertiary/aromatic N) is 2. The van der Waals surface area contributed by atoms with Crippen molar-refractivity contribution in [3.05, 3.63) is 144 Å². The molecule has 5 atom stereocenters. The van der Waals surface area contributed by atoms with Crippen molar-refractivity contribution in [1.29, 1.82) is 0 Å². The minimum Gasteiger partial charge on any atom is -0.493 e. The lowest BCUT2D eigenvalue weighted by atomic mass is 9.85. The van der Waals surface area contributed by atoms with E-state index < -0.39 is 65.1 Å². The smallest absolute Gasteiger partial charge is 0.407 e. The SMILES string of the molecule is COC(=O)NC(C(=O)NN(Cc1ccc(-c2ccccn2)cc1)CC(O)C(Cc1ccccc1)NC(=O)C(NC(=O)NCCOc1cccc([C@@H](CCc2ccc(OC)c(OC)c2)OC=O)c1)C(C)(C)C)C(C)(C)C. The third-order valence-corrected chi connectivity index (χ3v) is 12.3. The molecule has 4 unspecified atom stereocenters. The Bertz CT molecular complexity index is 2610. The number of aromatic nitrogens is 1. The number of aliphatic hydroxyl groups excluding tert-OH is 1. The van der Waals surface area contributed by atoms with E-state index in [9.17, 15) is 29.1 Å². The van der Waals surface area contributed by atoms with Gasteiger partial charge < -0.3 is 50.1 Å². The van der Waals surface area contributed by atoms with Crippen LogP contribution < -0.4 is 40.9 Å². The Labute approximate surface area is 440 Å². The summed E-state index contributed by atoms with van der Waals surface area (Å²) in [7, 11) is 4.36. The van der Waals surface area contributed by atoms with Crippen LogP contribution in [0.15, 0.2) is 121 Å². The molecule has 18 nitrogen and oxygen atoms in total. The molecule has 5 aromatic rings. The van der Waals surface area contributed by atoms with Crippen molar-refractivity contribution in [2.24, 2.45) is 10.8 Å². The predicted molar refractivity (Wildman–Crippen MR) is 285 cm³/mol. The molecule has 5 rings (SSSR count). The van der Waals surface area contributed by atoms with Crippen LogP contribution >= 0.6 is 0 Å². The zero-order valence-electron chi connectivity index (χ0n) is 44.4. The fourth-order valence-electron chi connectivity index (χ4n) is 8.24. The van der Waals surface area contributed by atoms with Gasteiger partial charge in [-0.3, -0.25) is 24.8 Å². The molecule has 402 valence electrons. The van der Waals surface area contributed by atoms with Crippen LogP contribution in [0.4, 0.5) is 9.59 Å². The molecule has 0 aliphatic rings. The number of aliphatic hydroxyl groups is 1. The molecule has 75 heavy (non-hydrogen) atoms. The van der Waals surface area contributed by atoms with E-state index in [0.29, 0.717) is 36.6 Å². The Morgan fingerprint density at radius 2 is 1.40 bits per heavy atom. The summed E-state index contributed by atoms with van der Waals surface area (Å²) >= 11 is 0. The first-order chi connectivity index (χ1) is 35.8. The van der Waals surface area contributed by atoms with Crippen LogP contribution in [0.1, 0.15) is 76.3 Å². The minimum atomic E-state index is -1.29. The number of methoxy groups -OCH3 is 3. The van der Waals surface area contributed by atoms with E-state index >= 15 is 0 Å². The Kier molecular flexibility index (Phi) is 21.8. The molecule has 0 saturated heterocycles. The standard InChI is InChI=1S/C57H73N7O11/c1-56(2,3)50(61-54(69)59-30-31-74-43-19-15-18-42(34-43)47(75-37-65)27-23-39-24-28-48(71-7)49(33-39)72-8)52(67)60-45(32-38-16-11-10-12-17-38)46(66)36-64(63-53(68)51(57(4,5)6)62-55(70)73-9)35-40-21-25-41(26-22-40)44-20-13-14-29-58-44/h10-22,24-26,28-29,33-34,37,45-47,50-51,66H,23,27,30-32,35-36H2,1-9H3,(H,60,67)(H,62,70)(H,63,68)(H2,59,61,69)/t45?,46?,47-,50?,51?/m1/s1. The van der Waals surface area contributed by atoms with Crippen molar-refractivity contribution in [2.45, 2.75) is 97.7 Å². The lowest BCUT2D eigenvalue weighted by molar-refractivity contribution is -0.134.